The first-order valence-electron chi connectivity index (χ1n) is 7.02. The molecule has 0 radical (unpaired) electrons. The fraction of sp³-hybridized carbons (Fsp3) is 0.400. The lowest BCUT2D eigenvalue weighted by atomic mass is 9.78. The molecule has 2 rings (SSSR count). The van der Waals surface area contributed by atoms with Crippen molar-refractivity contribution in [1.82, 2.24) is 0 Å². The van der Waals surface area contributed by atoms with E-state index in [-0.39, 0.29) is 17.1 Å². The zero-order valence-corrected chi connectivity index (χ0v) is 16.9. The number of aliphatic hydroxyl groups is 1. The van der Waals surface area contributed by atoms with E-state index in [9.17, 15) is 20.0 Å². The lowest BCUT2D eigenvalue weighted by Gasteiger charge is -2.38. The van der Waals surface area contributed by atoms with E-state index in [1.54, 1.807) is 18.2 Å². The van der Waals surface area contributed by atoms with Crippen molar-refractivity contribution in [2.45, 2.75) is 35.7 Å². The van der Waals surface area contributed by atoms with E-state index < -0.39 is 32.6 Å². The third kappa shape index (κ3) is 4.05. The van der Waals surface area contributed by atoms with Gasteiger partial charge in [0.1, 0.15) is 5.75 Å². The van der Waals surface area contributed by atoms with Crippen molar-refractivity contribution in [3.63, 3.8) is 0 Å². The number of Topliss-reactive ketones (excluding diaryl/α,β-unsaturated/α-hetero) is 1. The second-order valence-electron chi connectivity index (χ2n) is 5.57. The molecule has 136 valence electrons. The number of carbonyl (C=O) groups is 1. The summed E-state index contributed by atoms with van der Waals surface area (Å²) >= 11 is 21.0. The van der Waals surface area contributed by atoms with Gasteiger partial charge in [-0.15, -0.1) is 0 Å². The van der Waals surface area contributed by atoms with Crippen LogP contribution in [-0.4, -0.2) is 31.8 Å². The molecular weight excluding hydrogens is 460 g/mol. The van der Waals surface area contributed by atoms with Gasteiger partial charge >= 0.3 is 0 Å². The molecule has 0 bridgehead atoms. The van der Waals surface area contributed by atoms with Crippen molar-refractivity contribution in [1.29, 1.82) is 0 Å². The van der Waals surface area contributed by atoms with Crippen LogP contribution in [0.4, 0.5) is 0 Å². The lowest BCUT2D eigenvalue weighted by molar-refractivity contribution is -0.537. The summed E-state index contributed by atoms with van der Waals surface area (Å²) in [7, 11) is 0. The normalized spacial score (nSPS) is 24.0. The summed E-state index contributed by atoms with van der Waals surface area (Å²) in [6.07, 6.45) is -1.46. The molecule has 6 nitrogen and oxygen atoms in total. The Morgan fingerprint density at radius 3 is 2.40 bits per heavy atom. The number of benzene rings is 1. The van der Waals surface area contributed by atoms with Crippen molar-refractivity contribution in [2.75, 3.05) is 0 Å². The summed E-state index contributed by atoms with van der Waals surface area (Å²) in [5, 5.41) is 21.8. The predicted octanol–water partition coefficient (Wildman–Crippen LogP) is 4.73. The Kier molecular flexibility index (Phi) is 5.93. The topological polar surface area (TPSA) is 89.7 Å². The average molecular weight is 474 g/mol. The smallest absolute Gasteiger partial charge is 0.264 e. The molecule has 0 aromatic heterocycles. The maximum absolute atomic E-state index is 12.1. The third-order valence-corrected chi connectivity index (χ3v) is 5.00. The van der Waals surface area contributed by atoms with Crippen LogP contribution < -0.4 is 4.74 Å². The number of carbonyl (C=O) groups excluding carboxylic acids is 1. The maximum Gasteiger partial charge on any atom is 0.264 e. The van der Waals surface area contributed by atoms with Gasteiger partial charge in [0.2, 0.25) is 9.90 Å². The van der Waals surface area contributed by atoms with Gasteiger partial charge < -0.3 is 9.84 Å². The fourth-order valence-electron chi connectivity index (χ4n) is 2.95. The zero-order chi connectivity index (χ0) is 19.1. The highest BCUT2D eigenvalue weighted by Crippen LogP contribution is 2.49. The number of hydrogen-bond acceptors (Lipinski definition) is 5. The Hall–Kier alpha value is -1.02. The number of fused-ring (bicyclic) bond motifs is 1. The molecule has 0 fully saturated rings. The van der Waals surface area contributed by atoms with Gasteiger partial charge in [0, 0.05) is 20.5 Å². The van der Waals surface area contributed by atoms with Gasteiger partial charge in [-0.25, -0.2) is 0 Å². The van der Waals surface area contributed by atoms with E-state index in [1.807, 2.05) is 0 Å². The van der Waals surface area contributed by atoms with E-state index in [1.165, 1.54) is 13.8 Å². The number of rotatable bonds is 3. The molecule has 10 heteroatoms. The molecule has 25 heavy (non-hydrogen) atoms. The minimum atomic E-state index is -2.12. The van der Waals surface area contributed by atoms with Crippen LogP contribution in [0.25, 0.3) is 0 Å². The van der Waals surface area contributed by atoms with Crippen LogP contribution in [0.1, 0.15) is 25.3 Å². The molecule has 0 spiro atoms. The molecule has 3 atom stereocenters. The molecule has 1 aromatic rings. The molecule has 1 aromatic carbocycles. The number of allylic oxidation sites excluding steroid dienone is 1. The highest BCUT2D eigenvalue weighted by molar-refractivity contribution is 9.10. The number of alkyl halides is 3. The number of halogens is 4. The van der Waals surface area contributed by atoms with E-state index in [2.05, 4.69) is 15.9 Å². The van der Waals surface area contributed by atoms with Gasteiger partial charge in [-0.1, -0.05) is 50.7 Å². The zero-order valence-electron chi connectivity index (χ0n) is 13.0. The number of hydrogen-bond donors (Lipinski definition) is 1. The molecule has 1 N–H and O–H groups in total. The monoisotopic (exact) mass is 471 g/mol. The van der Waals surface area contributed by atoms with Crippen LogP contribution in [0.3, 0.4) is 0 Å². The summed E-state index contributed by atoms with van der Waals surface area (Å²) in [5.41, 5.74) is 0.226. The first-order chi connectivity index (χ1) is 11.4. The highest BCUT2D eigenvalue weighted by Gasteiger charge is 2.57. The van der Waals surface area contributed by atoms with E-state index >= 15 is 0 Å². The largest absolute Gasteiger partial charge is 0.512 e. The number of nitrogens with zero attached hydrogens (tertiary/aromatic N) is 1. The van der Waals surface area contributed by atoms with Crippen LogP contribution in [0, 0.1) is 10.1 Å². The third-order valence-electron chi connectivity index (χ3n) is 3.86. The van der Waals surface area contributed by atoms with Crippen LogP contribution in [0.2, 0.25) is 0 Å². The van der Waals surface area contributed by atoms with Crippen LogP contribution in [0.5, 0.6) is 5.75 Å². The predicted molar refractivity (Wildman–Crippen MR) is 98.4 cm³/mol. The minimum absolute atomic E-state index is 0.122. The molecule has 1 heterocycles. The SMILES string of the molecule is CC(=O)C(=C(C)O)[C@@H]1c2cc(Br)ccc2O[C@H](C(Cl)(Cl)Cl)[C@H]1[N+](=O)[O-]. The van der Waals surface area contributed by atoms with E-state index in [0.29, 0.717) is 10.0 Å². The van der Waals surface area contributed by atoms with Crippen molar-refractivity contribution in [3.8, 4) is 5.75 Å². The summed E-state index contributed by atoms with van der Waals surface area (Å²) in [6.45, 7) is 2.49. The molecule has 0 saturated heterocycles. The summed E-state index contributed by atoms with van der Waals surface area (Å²) < 4.78 is 4.09. The summed E-state index contributed by atoms with van der Waals surface area (Å²) in [5.74, 6) is -1.75. The highest BCUT2D eigenvalue weighted by atomic mass is 79.9. The standard InChI is InChI=1S/C15H13BrCl3NO5/c1-6(21)11(7(2)22)12-9-5-8(16)3-4-10(9)25-14(15(17,18)19)13(12)20(23)24/h3-5,12-14,21H,1-2H3/t12-,13-,14-/m0/s1. The van der Waals surface area contributed by atoms with Crippen molar-refractivity contribution in [3.05, 3.63) is 49.7 Å². The van der Waals surface area contributed by atoms with Crippen LogP contribution >= 0.6 is 50.7 Å². The van der Waals surface area contributed by atoms with E-state index in [4.69, 9.17) is 39.5 Å². The van der Waals surface area contributed by atoms with Gasteiger partial charge in [0.05, 0.1) is 11.7 Å². The molecule has 0 unspecified atom stereocenters. The Labute approximate surface area is 167 Å². The second kappa shape index (κ2) is 7.31. The number of ether oxygens (including phenoxy) is 1. The van der Waals surface area contributed by atoms with Crippen molar-refractivity contribution >= 4 is 56.5 Å². The summed E-state index contributed by atoms with van der Waals surface area (Å²) in [4.78, 5) is 23.2. The quantitative estimate of drug-likeness (QED) is 0.225. The Bertz CT molecular complexity index is 758. The van der Waals surface area contributed by atoms with Crippen molar-refractivity contribution in [2.24, 2.45) is 0 Å². The molecule has 0 aliphatic carbocycles. The lowest BCUT2D eigenvalue weighted by Crippen LogP contribution is -2.53. The average Bonchev–Trinajstić information content (AvgIpc) is 2.44. The Balaban J connectivity index is 2.82. The Morgan fingerprint density at radius 1 is 1.36 bits per heavy atom. The molecule has 0 saturated carbocycles. The number of aliphatic hydroxyl groups excluding tert-OH is 1. The maximum atomic E-state index is 12.1. The number of nitro groups is 1. The van der Waals surface area contributed by atoms with Gasteiger partial charge in [-0.2, -0.15) is 0 Å². The number of ketones is 1. The minimum Gasteiger partial charge on any atom is -0.512 e. The fourth-order valence-corrected chi connectivity index (χ4v) is 3.85. The van der Waals surface area contributed by atoms with E-state index in [0.717, 1.165) is 0 Å². The molecule has 1 aliphatic rings. The molecule has 0 amide bonds. The molecule has 1 aliphatic heterocycles. The van der Waals surface area contributed by atoms with Crippen LogP contribution in [-0.2, 0) is 4.79 Å². The summed E-state index contributed by atoms with van der Waals surface area (Å²) in [6, 6.07) is 3.20. The Morgan fingerprint density at radius 2 is 1.96 bits per heavy atom. The van der Waals surface area contributed by atoms with Gasteiger partial charge in [0.15, 0.2) is 5.78 Å². The second-order valence-corrected chi connectivity index (χ2v) is 8.86. The first-order valence-corrected chi connectivity index (χ1v) is 8.94. The van der Waals surface area contributed by atoms with Gasteiger partial charge in [0.25, 0.3) is 6.04 Å². The van der Waals surface area contributed by atoms with Gasteiger partial charge in [-0.05, 0) is 32.0 Å². The van der Waals surface area contributed by atoms with Gasteiger partial charge in [-0.3, -0.25) is 14.9 Å². The van der Waals surface area contributed by atoms with Crippen LogP contribution in [0.15, 0.2) is 34.0 Å². The molecular formula is C15H13BrCl3NO5. The van der Waals surface area contributed by atoms with Crippen molar-refractivity contribution < 1.29 is 19.6 Å². The first kappa shape index (κ1) is 20.3.